The quantitative estimate of drug-likeness (QED) is 0.210. The van der Waals surface area contributed by atoms with Crippen LogP contribution in [0.15, 0.2) is 30.3 Å². The van der Waals surface area contributed by atoms with Crippen LogP contribution in [0.1, 0.15) is 11.1 Å². The van der Waals surface area contributed by atoms with Crippen molar-refractivity contribution in [3.05, 3.63) is 41.5 Å². The molecule has 0 spiro atoms. The number of halogens is 3. The van der Waals surface area contributed by atoms with E-state index < -0.39 is 18.7 Å². The van der Waals surface area contributed by atoms with Crippen molar-refractivity contribution >= 4 is 55.2 Å². The Morgan fingerprint density at radius 1 is 0.806 bits per heavy atom. The molecule has 0 N–H and O–H groups in total. The Hall–Kier alpha value is -1.89. The van der Waals surface area contributed by atoms with Gasteiger partial charge in [-0.05, 0) is 35.4 Å². The van der Waals surface area contributed by atoms with E-state index in [1.54, 1.807) is 44.6 Å². The van der Waals surface area contributed by atoms with Gasteiger partial charge >= 0.3 is 8.25 Å². The lowest BCUT2D eigenvalue weighted by atomic mass is 10.1. The Morgan fingerprint density at radius 3 is 1.87 bits per heavy atom. The number of ether oxygens (including phenoxy) is 4. The highest BCUT2D eigenvalue weighted by Crippen LogP contribution is 2.40. The van der Waals surface area contributed by atoms with E-state index in [0.717, 1.165) is 11.1 Å². The molecule has 2 aromatic rings. The molecule has 31 heavy (non-hydrogen) atoms. The molecule has 1 unspecified atom stereocenters. The average molecular weight is 511 g/mol. The van der Waals surface area contributed by atoms with Crippen molar-refractivity contribution in [2.24, 2.45) is 0 Å². The Balaban J connectivity index is 2.25. The Labute approximate surface area is 196 Å². The summed E-state index contributed by atoms with van der Waals surface area (Å²) in [4.78, 5) is 0. The van der Waals surface area contributed by atoms with Gasteiger partial charge in [-0.3, -0.25) is 0 Å². The molecule has 0 aromatic heterocycles. The van der Waals surface area contributed by atoms with Gasteiger partial charge in [0.1, 0.15) is 0 Å². The van der Waals surface area contributed by atoms with Crippen LogP contribution < -0.4 is 23.5 Å². The molecule has 0 bridgehead atoms. The minimum Gasteiger partial charge on any atom is -0.493 e. The van der Waals surface area contributed by atoms with Gasteiger partial charge in [-0.25, -0.2) is 4.52 Å². The van der Waals surface area contributed by atoms with E-state index in [1.807, 2.05) is 12.2 Å². The molecule has 0 heterocycles. The van der Waals surface area contributed by atoms with Gasteiger partial charge in [-0.15, -0.1) is 4.52 Å². The van der Waals surface area contributed by atoms with Gasteiger partial charge in [0.2, 0.25) is 15.3 Å². The maximum atomic E-state index is 12.0. The second kappa shape index (κ2) is 11.7. The largest absolute Gasteiger partial charge is 0.750 e. The minimum absolute atomic E-state index is 0.208. The first-order valence-electron chi connectivity index (χ1n) is 8.71. The summed E-state index contributed by atoms with van der Waals surface area (Å²) in [5, 5.41) is 0. The van der Waals surface area contributed by atoms with Gasteiger partial charge in [0, 0.05) is 4.57 Å². The van der Waals surface area contributed by atoms with Crippen molar-refractivity contribution in [3.63, 3.8) is 0 Å². The molecule has 0 saturated carbocycles. The molecule has 0 radical (unpaired) electrons. The van der Waals surface area contributed by atoms with Gasteiger partial charge < -0.3 is 18.9 Å². The summed E-state index contributed by atoms with van der Waals surface area (Å²) in [5.41, 5.74) is 1.55. The fourth-order valence-electron chi connectivity index (χ4n) is 2.49. The van der Waals surface area contributed by atoms with Crippen molar-refractivity contribution in [2.75, 3.05) is 35.0 Å². The monoisotopic (exact) mass is 509 g/mol. The Morgan fingerprint density at radius 2 is 1.35 bits per heavy atom. The molecule has 0 amide bonds. The van der Waals surface area contributed by atoms with E-state index in [2.05, 4.69) is 0 Å². The van der Waals surface area contributed by atoms with Crippen LogP contribution in [-0.4, -0.2) is 38.8 Å². The highest BCUT2D eigenvalue weighted by molar-refractivity contribution is 7.33. The summed E-state index contributed by atoms with van der Waals surface area (Å²) in [6, 6.07) is 8.72. The molecular weight excluding hydrogens is 490 g/mol. The molecule has 168 valence electrons. The zero-order valence-electron chi connectivity index (χ0n) is 17.2. The lowest BCUT2D eigenvalue weighted by Crippen LogP contribution is -2.10. The summed E-state index contributed by atoms with van der Waals surface area (Å²) in [5.74, 6) is 2.14. The maximum Gasteiger partial charge on any atom is 0.750 e. The van der Waals surface area contributed by atoms with Crippen LogP contribution in [0, 0.1) is 0 Å². The van der Waals surface area contributed by atoms with Gasteiger partial charge in [-0.1, -0.05) is 53.0 Å². The van der Waals surface area contributed by atoms with Gasteiger partial charge in [0.05, 0.1) is 28.4 Å². The van der Waals surface area contributed by atoms with Crippen LogP contribution in [-0.2, 0) is 9.09 Å². The molecule has 2 rings (SSSR count). The number of benzene rings is 2. The molecule has 0 saturated heterocycles. The van der Waals surface area contributed by atoms with Crippen molar-refractivity contribution in [3.8, 4) is 28.7 Å². The number of rotatable bonds is 10. The third-order valence-electron chi connectivity index (χ3n) is 3.85. The molecule has 1 atom stereocenters. The van der Waals surface area contributed by atoms with Crippen LogP contribution in [0.3, 0.4) is 0 Å². The van der Waals surface area contributed by atoms with Gasteiger partial charge in [0.15, 0.2) is 23.9 Å². The fourth-order valence-corrected chi connectivity index (χ4v) is 3.54. The third kappa shape index (κ3) is 7.63. The molecular formula is C20H21Cl3O7P+. The van der Waals surface area contributed by atoms with E-state index in [0.29, 0.717) is 23.0 Å². The van der Waals surface area contributed by atoms with Crippen LogP contribution in [0.2, 0.25) is 0 Å². The topological polar surface area (TPSA) is 72.5 Å². The zero-order valence-corrected chi connectivity index (χ0v) is 20.3. The zero-order chi connectivity index (χ0) is 23.0. The van der Waals surface area contributed by atoms with E-state index in [1.165, 1.54) is 14.2 Å². The summed E-state index contributed by atoms with van der Waals surface area (Å²) >= 11 is 16.8. The van der Waals surface area contributed by atoms with E-state index in [-0.39, 0.29) is 5.75 Å². The van der Waals surface area contributed by atoms with E-state index in [4.69, 9.17) is 62.8 Å². The number of hydrogen-bond acceptors (Lipinski definition) is 7. The molecule has 2 aromatic carbocycles. The second-order valence-electron chi connectivity index (χ2n) is 5.91. The van der Waals surface area contributed by atoms with E-state index in [9.17, 15) is 4.57 Å². The summed E-state index contributed by atoms with van der Waals surface area (Å²) < 4.78 is 41.9. The normalized spacial score (nSPS) is 11.9. The van der Waals surface area contributed by atoms with Crippen molar-refractivity contribution in [2.45, 2.75) is 3.79 Å². The van der Waals surface area contributed by atoms with Gasteiger partial charge in [-0.2, -0.15) is 0 Å². The van der Waals surface area contributed by atoms with Gasteiger partial charge in [0.25, 0.3) is 0 Å². The first kappa shape index (κ1) is 25.4. The summed E-state index contributed by atoms with van der Waals surface area (Å²) in [6.07, 6.45) is 3.66. The van der Waals surface area contributed by atoms with Crippen LogP contribution in [0.25, 0.3) is 12.2 Å². The number of methoxy groups -OCH3 is 4. The second-order valence-corrected chi connectivity index (χ2v) is 9.31. The highest BCUT2D eigenvalue weighted by atomic mass is 35.6. The summed E-state index contributed by atoms with van der Waals surface area (Å²) in [6.45, 7) is -0.393. The van der Waals surface area contributed by atoms with Crippen LogP contribution >= 0.6 is 43.1 Å². The first-order chi connectivity index (χ1) is 14.7. The maximum absolute atomic E-state index is 12.0. The van der Waals surface area contributed by atoms with Crippen molar-refractivity contribution in [1.29, 1.82) is 0 Å². The molecule has 7 nitrogen and oxygen atoms in total. The molecule has 11 heteroatoms. The van der Waals surface area contributed by atoms with Crippen LogP contribution in [0.4, 0.5) is 0 Å². The molecule has 0 aliphatic heterocycles. The summed E-state index contributed by atoms with van der Waals surface area (Å²) in [7, 11) is 3.51. The van der Waals surface area contributed by atoms with Crippen molar-refractivity contribution in [1.82, 2.24) is 0 Å². The lowest BCUT2D eigenvalue weighted by Gasteiger charge is -2.12. The Kier molecular flexibility index (Phi) is 9.54. The number of hydrogen-bond donors (Lipinski definition) is 0. The predicted octanol–water partition coefficient (Wildman–Crippen LogP) is 6.31. The predicted molar refractivity (Wildman–Crippen MR) is 122 cm³/mol. The SMILES string of the molecule is COc1ccc(C=Cc2cc(OC)c(OC)c(OC)c2)cc1O[P+](=O)OCC(Cl)(Cl)Cl. The standard InChI is InChI=1S/C20H21Cl3O7P/c1-25-15-8-7-13(9-16(15)30-31(24)29-12-20(21,22)23)5-6-14-10-17(26-2)19(28-4)18(11-14)27-3/h5-11H,12H2,1-4H3/q+1. The van der Waals surface area contributed by atoms with E-state index >= 15 is 0 Å². The highest BCUT2D eigenvalue weighted by Gasteiger charge is 2.31. The fraction of sp³-hybridized carbons (Fsp3) is 0.300. The third-order valence-corrected chi connectivity index (χ3v) is 4.86. The lowest BCUT2D eigenvalue weighted by molar-refractivity contribution is 0.288. The first-order valence-corrected chi connectivity index (χ1v) is 10.9. The molecule has 0 fully saturated rings. The van der Waals surface area contributed by atoms with Crippen molar-refractivity contribution < 1.29 is 32.6 Å². The molecule has 0 aliphatic carbocycles. The smallest absolute Gasteiger partial charge is 0.493 e. The Bertz CT molecular complexity index is 920. The average Bonchev–Trinajstić information content (AvgIpc) is 2.75. The minimum atomic E-state index is -2.58. The number of alkyl halides is 3. The molecule has 0 aliphatic rings. The van der Waals surface area contributed by atoms with Crippen LogP contribution in [0.5, 0.6) is 28.7 Å².